The molecule has 0 fully saturated rings. The van der Waals surface area contributed by atoms with Gasteiger partial charge in [0.1, 0.15) is 5.75 Å². The molecule has 0 spiro atoms. The molecule has 16 heavy (non-hydrogen) atoms. The predicted molar refractivity (Wildman–Crippen MR) is 49.8 cm³/mol. The van der Waals surface area contributed by atoms with Gasteiger partial charge in [0.2, 0.25) is 5.88 Å². The van der Waals surface area contributed by atoms with E-state index in [0.29, 0.717) is 0 Å². The van der Waals surface area contributed by atoms with Crippen LogP contribution in [-0.2, 0) is 6.54 Å². The zero-order valence-electron chi connectivity index (χ0n) is 8.34. The summed E-state index contributed by atoms with van der Waals surface area (Å²) in [5.41, 5.74) is 11.0. The number of anilines is 1. The molecule has 8 heteroatoms. The van der Waals surface area contributed by atoms with E-state index in [4.69, 9.17) is 16.2 Å². The van der Waals surface area contributed by atoms with Gasteiger partial charge in [-0.3, -0.25) is 0 Å². The third kappa shape index (κ3) is 2.89. The predicted octanol–water partition coefficient (Wildman–Crippen LogP) is 1.03. The second kappa shape index (κ2) is 4.44. The lowest BCUT2D eigenvalue weighted by molar-refractivity contribution is -0.276. The Labute approximate surface area is 89.1 Å². The SMILES string of the molecule is COc1cc(OC(F)(F)F)nc(CN)c1N. The number of aromatic nitrogens is 1. The molecule has 4 N–H and O–H groups in total. The number of hydrogen-bond acceptors (Lipinski definition) is 5. The van der Waals surface area contributed by atoms with Crippen molar-refractivity contribution in [2.75, 3.05) is 12.8 Å². The molecule has 0 aliphatic rings. The number of nitrogens with two attached hydrogens (primary N) is 2. The van der Waals surface area contributed by atoms with Gasteiger partial charge in [-0.25, -0.2) is 4.98 Å². The monoisotopic (exact) mass is 237 g/mol. The van der Waals surface area contributed by atoms with Crippen LogP contribution in [-0.4, -0.2) is 18.5 Å². The lowest BCUT2D eigenvalue weighted by Crippen LogP contribution is -2.19. The molecular weight excluding hydrogens is 227 g/mol. The first kappa shape index (κ1) is 12.4. The fourth-order valence-corrected chi connectivity index (χ4v) is 1.05. The van der Waals surface area contributed by atoms with Gasteiger partial charge in [-0.2, -0.15) is 0 Å². The van der Waals surface area contributed by atoms with E-state index >= 15 is 0 Å². The van der Waals surface area contributed by atoms with E-state index in [9.17, 15) is 13.2 Å². The highest BCUT2D eigenvalue weighted by molar-refractivity contribution is 5.57. The largest absolute Gasteiger partial charge is 0.574 e. The van der Waals surface area contributed by atoms with Gasteiger partial charge in [0.25, 0.3) is 0 Å². The van der Waals surface area contributed by atoms with Gasteiger partial charge in [-0.05, 0) is 0 Å². The molecule has 0 radical (unpaired) electrons. The summed E-state index contributed by atoms with van der Waals surface area (Å²) in [5, 5.41) is 0. The maximum absolute atomic E-state index is 11.9. The second-order valence-electron chi connectivity index (χ2n) is 2.78. The molecule has 1 rings (SSSR count). The van der Waals surface area contributed by atoms with E-state index in [1.54, 1.807) is 0 Å². The Bertz CT molecular complexity index is 356. The normalized spacial score (nSPS) is 11.3. The number of alkyl halides is 3. The van der Waals surface area contributed by atoms with Gasteiger partial charge < -0.3 is 20.9 Å². The maximum atomic E-state index is 11.9. The molecule has 0 aromatic carbocycles. The zero-order valence-corrected chi connectivity index (χ0v) is 8.34. The minimum atomic E-state index is -4.82. The topological polar surface area (TPSA) is 83.4 Å². The van der Waals surface area contributed by atoms with Crippen molar-refractivity contribution in [2.24, 2.45) is 5.73 Å². The van der Waals surface area contributed by atoms with Crippen LogP contribution < -0.4 is 20.9 Å². The Balaban J connectivity index is 3.12. The van der Waals surface area contributed by atoms with Crippen LogP contribution in [0.5, 0.6) is 11.6 Å². The summed E-state index contributed by atoms with van der Waals surface area (Å²) < 4.78 is 44.3. The van der Waals surface area contributed by atoms with Crippen LogP contribution in [0.1, 0.15) is 5.69 Å². The van der Waals surface area contributed by atoms with Crippen LogP contribution in [0.3, 0.4) is 0 Å². The van der Waals surface area contributed by atoms with Crippen molar-refractivity contribution in [1.29, 1.82) is 0 Å². The van der Waals surface area contributed by atoms with Crippen molar-refractivity contribution in [3.05, 3.63) is 11.8 Å². The van der Waals surface area contributed by atoms with Gasteiger partial charge in [-0.1, -0.05) is 0 Å². The number of hydrogen-bond donors (Lipinski definition) is 2. The van der Waals surface area contributed by atoms with Crippen LogP contribution in [0.25, 0.3) is 0 Å². The maximum Gasteiger partial charge on any atom is 0.574 e. The Kier molecular flexibility index (Phi) is 3.43. The average molecular weight is 237 g/mol. The molecule has 0 saturated heterocycles. The van der Waals surface area contributed by atoms with Crippen LogP contribution in [0.15, 0.2) is 6.07 Å². The van der Waals surface area contributed by atoms with Crippen molar-refractivity contribution in [3.8, 4) is 11.6 Å². The number of halogens is 3. The van der Waals surface area contributed by atoms with Crippen LogP contribution in [0.4, 0.5) is 18.9 Å². The highest BCUT2D eigenvalue weighted by Gasteiger charge is 2.32. The molecule has 1 heterocycles. The van der Waals surface area contributed by atoms with Crippen molar-refractivity contribution in [3.63, 3.8) is 0 Å². The Morgan fingerprint density at radius 2 is 2.06 bits per heavy atom. The van der Waals surface area contributed by atoms with Crippen molar-refractivity contribution < 1.29 is 22.6 Å². The summed E-state index contributed by atoms with van der Waals surface area (Å²) in [7, 11) is 1.27. The molecule has 5 nitrogen and oxygen atoms in total. The molecule has 0 aliphatic heterocycles. The number of nitrogens with zero attached hydrogens (tertiary/aromatic N) is 1. The van der Waals surface area contributed by atoms with Crippen molar-refractivity contribution in [2.45, 2.75) is 12.9 Å². The van der Waals surface area contributed by atoms with Gasteiger partial charge in [0, 0.05) is 12.6 Å². The Morgan fingerprint density at radius 3 is 2.50 bits per heavy atom. The lowest BCUT2D eigenvalue weighted by Gasteiger charge is -2.12. The first-order valence-corrected chi connectivity index (χ1v) is 4.16. The molecule has 0 saturated carbocycles. The molecular formula is C8H10F3N3O2. The first-order chi connectivity index (χ1) is 7.37. The number of methoxy groups -OCH3 is 1. The smallest absolute Gasteiger partial charge is 0.494 e. The fourth-order valence-electron chi connectivity index (χ4n) is 1.05. The Hall–Kier alpha value is -1.70. The fraction of sp³-hybridized carbons (Fsp3) is 0.375. The number of pyridine rings is 1. The van der Waals surface area contributed by atoms with Crippen molar-refractivity contribution >= 4 is 5.69 Å². The molecule has 1 aromatic rings. The molecule has 0 atom stereocenters. The second-order valence-corrected chi connectivity index (χ2v) is 2.78. The summed E-state index contributed by atoms with van der Waals surface area (Å²) >= 11 is 0. The van der Waals surface area contributed by atoms with E-state index in [1.807, 2.05) is 0 Å². The van der Waals surface area contributed by atoms with Gasteiger partial charge >= 0.3 is 6.36 Å². The number of rotatable bonds is 3. The summed E-state index contributed by atoms with van der Waals surface area (Å²) in [5.74, 6) is -0.617. The van der Waals surface area contributed by atoms with Crippen LogP contribution in [0.2, 0.25) is 0 Å². The van der Waals surface area contributed by atoms with Crippen molar-refractivity contribution in [1.82, 2.24) is 4.98 Å². The minimum Gasteiger partial charge on any atom is -0.494 e. The van der Waals surface area contributed by atoms with Crippen LogP contribution in [0, 0.1) is 0 Å². The van der Waals surface area contributed by atoms with E-state index in [0.717, 1.165) is 6.07 Å². The summed E-state index contributed by atoms with van der Waals surface area (Å²) in [6, 6.07) is 0.946. The molecule has 1 aromatic heterocycles. The highest BCUT2D eigenvalue weighted by Crippen LogP contribution is 2.30. The molecule has 0 unspecified atom stereocenters. The van der Waals surface area contributed by atoms with Gasteiger partial charge in [0.05, 0.1) is 18.5 Å². The standard InChI is InChI=1S/C8H10F3N3O2/c1-15-5-2-6(16-8(9,10)11)14-4(3-12)7(5)13/h2H,3,12-13H2,1H3. The van der Waals surface area contributed by atoms with E-state index in [1.165, 1.54) is 7.11 Å². The van der Waals surface area contributed by atoms with Crippen LogP contribution >= 0.6 is 0 Å². The lowest BCUT2D eigenvalue weighted by atomic mass is 10.3. The third-order valence-corrected chi connectivity index (χ3v) is 1.71. The molecule has 0 amide bonds. The Morgan fingerprint density at radius 1 is 1.44 bits per heavy atom. The minimum absolute atomic E-state index is 0.0368. The quantitative estimate of drug-likeness (QED) is 0.820. The van der Waals surface area contributed by atoms with E-state index < -0.39 is 12.2 Å². The van der Waals surface area contributed by atoms with Gasteiger partial charge in [0.15, 0.2) is 0 Å². The highest BCUT2D eigenvalue weighted by atomic mass is 19.4. The summed E-state index contributed by atoms with van der Waals surface area (Å²) in [6.45, 7) is -0.114. The van der Waals surface area contributed by atoms with Gasteiger partial charge in [-0.15, -0.1) is 13.2 Å². The summed E-state index contributed by atoms with van der Waals surface area (Å²) in [4.78, 5) is 3.51. The van der Waals surface area contributed by atoms with E-state index in [-0.39, 0.29) is 23.7 Å². The molecule has 90 valence electrons. The average Bonchev–Trinajstić information content (AvgIpc) is 2.18. The summed E-state index contributed by atoms with van der Waals surface area (Å²) in [6.07, 6.45) is -4.82. The first-order valence-electron chi connectivity index (χ1n) is 4.16. The molecule has 0 bridgehead atoms. The zero-order chi connectivity index (χ0) is 12.3. The third-order valence-electron chi connectivity index (χ3n) is 1.71. The molecule has 0 aliphatic carbocycles. The number of ether oxygens (including phenoxy) is 2. The number of nitrogen functional groups attached to an aromatic ring is 1. The van der Waals surface area contributed by atoms with E-state index in [2.05, 4.69) is 9.72 Å².